The summed E-state index contributed by atoms with van der Waals surface area (Å²) >= 11 is 0. The smallest absolute Gasteiger partial charge is 0.248 e. The lowest BCUT2D eigenvalue weighted by molar-refractivity contribution is -0.126. The van der Waals surface area contributed by atoms with Crippen LogP contribution in [-0.2, 0) is 16.0 Å². The number of aryl methyl sites for hydroxylation is 1. The number of amides is 3. The molecule has 1 saturated heterocycles. The lowest BCUT2D eigenvalue weighted by Gasteiger charge is -2.20. The second-order valence-corrected chi connectivity index (χ2v) is 7.19. The Labute approximate surface area is 169 Å². The van der Waals surface area contributed by atoms with Crippen molar-refractivity contribution in [3.63, 3.8) is 0 Å². The highest BCUT2D eigenvalue weighted by Gasteiger charge is 2.36. The van der Waals surface area contributed by atoms with Crippen molar-refractivity contribution in [2.24, 2.45) is 11.7 Å². The van der Waals surface area contributed by atoms with Gasteiger partial charge < -0.3 is 20.7 Å². The minimum Gasteiger partial charge on any atom is -0.495 e. The lowest BCUT2D eigenvalue weighted by Crippen LogP contribution is -2.34. The number of anilines is 1. The van der Waals surface area contributed by atoms with Crippen molar-refractivity contribution in [3.8, 4) is 5.75 Å². The van der Waals surface area contributed by atoms with Crippen molar-refractivity contribution in [2.75, 3.05) is 25.1 Å². The van der Waals surface area contributed by atoms with E-state index in [2.05, 4.69) is 5.32 Å². The van der Waals surface area contributed by atoms with Crippen molar-refractivity contribution in [3.05, 3.63) is 59.2 Å². The van der Waals surface area contributed by atoms with Crippen LogP contribution in [0.15, 0.2) is 42.5 Å². The van der Waals surface area contributed by atoms with Gasteiger partial charge >= 0.3 is 0 Å². The largest absolute Gasteiger partial charge is 0.495 e. The Balaban J connectivity index is 1.59. The number of hydrogen-bond donors (Lipinski definition) is 2. The topological polar surface area (TPSA) is 102 Å². The third kappa shape index (κ3) is 4.74. The van der Waals surface area contributed by atoms with Gasteiger partial charge in [0, 0.05) is 25.1 Å². The van der Waals surface area contributed by atoms with E-state index in [1.807, 2.05) is 31.2 Å². The third-order valence-electron chi connectivity index (χ3n) is 5.05. The Kier molecular flexibility index (Phi) is 6.16. The number of carbonyl (C=O) groups is 3. The molecule has 152 valence electrons. The molecule has 0 bridgehead atoms. The molecule has 3 N–H and O–H groups in total. The van der Waals surface area contributed by atoms with E-state index in [1.54, 1.807) is 30.2 Å². The van der Waals surface area contributed by atoms with Crippen LogP contribution in [0.5, 0.6) is 5.75 Å². The Morgan fingerprint density at radius 1 is 1.24 bits per heavy atom. The fourth-order valence-corrected chi connectivity index (χ4v) is 3.48. The molecule has 3 amide bonds. The van der Waals surface area contributed by atoms with E-state index >= 15 is 0 Å². The van der Waals surface area contributed by atoms with Gasteiger partial charge in [-0.2, -0.15) is 0 Å². The van der Waals surface area contributed by atoms with Crippen LogP contribution in [0.2, 0.25) is 0 Å². The standard InChI is InChI=1S/C22H25N3O4/c1-14-6-7-19(29-2)18(10-14)25-13-17(12-20(25)26)22(28)24-9-8-15-4-3-5-16(11-15)21(23)27/h3-7,10-11,17H,8-9,12-13H2,1-2H3,(H2,23,27)(H,24,28). The average molecular weight is 395 g/mol. The molecule has 7 heteroatoms. The average Bonchev–Trinajstić information content (AvgIpc) is 3.09. The van der Waals surface area contributed by atoms with E-state index in [0.717, 1.165) is 11.1 Å². The third-order valence-corrected chi connectivity index (χ3v) is 5.05. The highest BCUT2D eigenvalue weighted by Crippen LogP contribution is 2.33. The van der Waals surface area contributed by atoms with Gasteiger partial charge in [0.25, 0.3) is 0 Å². The molecule has 1 aliphatic rings. The molecule has 2 aromatic rings. The number of hydrogen-bond acceptors (Lipinski definition) is 4. The first-order valence-corrected chi connectivity index (χ1v) is 9.50. The maximum absolute atomic E-state index is 12.6. The maximum Gasteiger partial charge on any atom is 0.248 e. The summed E-state index contributed by atoms with van der Waals surface area (Å²) < 4.78 is 5.37. The van der Waals surface area contributed by atoms with Crippen LogP contribution in [0.1, 0.15) is 27.9 Å². The van der Waals surface area contributed by atoms with Gasteiger partial charge in [0.05, 0.1) is 18.7 Å². The predicted octanol–water partition coefficient (Wildman–Crippen LogP) is 1.81. The van der Waals surface area contributed by atoms with Crippen LogP contribution in [-0.4, -0.2) is 37.9 Å². The van der Waals surface area contributed by atoms with Crippen molar-refractivity contribution in [2.45, 2.75) is 19.8 Å². The van der Waals surface area contributed by atoms with E-state index in [4.69, 9.17) is 10.5 Å². The summed E-state index contributed by atoms with van der Waals surface area (Å²) in [6, 6.07) is 12.7. The second-order valence-electron chi connectivity index (χ2n) is 7.19. The van der Waals surface area contributed by atoms with Gasteiger partial charge in [0.2, 0.25) is 17.7 Å². The van der Waals surface area contributed by atoms with Gasteiger partial charge in [-0.15, -0.1) is 0 Å². The van der Waals surface area contributed by atoms with Crippen molar-refractivity contribution in [1.82, 2.24) is 5.32 Å². The molecule has 1 aliphatic heterocycles. The number of nitrogens with one attached hydrogen (secondary N) is 1. The number of nitrogens with zero attached hydrogens (tertiary/aromatic N) is 1. The van der Waals surface area contributed by atoms with Crippen molar-refractivity contribution >= 4 is 23.4 Å². The monoisotopic (exact) mass is 395 g/mol. The molecule has 0 spiro atoms. The van der Waals surface area contributed by atoms with Crippen molar-refractivity contribution < 1.29 is 19.1 Å². The first-order valence-electron chi connectivity index (χ1n) is 9.50. The zero-order valence-electron chi connectivity index (χ0n) is 16.6. The first kappa shape index (κ1) is 20.4. The van der Waals surface area contributed by atoms with E-state index in [-0.39, 0.29) is 18.2 Å². The summed E-state index contributed by atoms with van der Waals surface area (Å²) in [7, 11) is 1.56. The molecule has 0 radical (unpaired) electrons. The fourth-order valence-electron chi connectivity index (χ4n) is 3.48. The van der Waals surface area contributed by atoms with E-state index in [0.29, 0.717) is 36.5 Å². The number of carbonyl (C=O) groups excluding carboxylic acids is 3. The molecule has 1 heterocycles. The van der Waals surface area contributed by atoms with Gasteiger partial charge in [0.15, 0.2) is 0 Å². The van der Waals surface area contributed by atoms with Gasteiger partial charge in [-0.3, -0.25) is 14.4 Å². The van der Waals surface area contributed by atoms with Crippen LogP contribution in [0.3, 0.4) is 0 Å². The molecule has 7 nitrogen and oxygen atoms in total. The summed E-state index contributed by atoms with van der Waals surface area (Å²) in [5.41, 5.74) is 8.35. The summed E-state index contributed by atoms with van der Waals surface area (Å²) in [5.74, 6) is -0.530. The molecule has 1 atom stereocenters. The molecule has 3 rings (SSSR count). The molecule has 0 aliphatic carbocycles. The quantitative estimate of drug-likeness (QED) is 0.746. The lowest BCUT2D eigenvalue weighted by atomic mass is 10.1. The summed E-state index contributed by atoms with van der Waals surface area (Å²) in [4.78, 5) is 38.0. The summed E-state index contributed by atoms with van der Waals surface area (Å²) in [5, 5.41) is 2.89. The zero-order valence-corrected chi connectivity index (χ0v) is 16.6. The Morgan fingerprint density at radius 3 is 2.76 bits per heavy atom. The second kappa shape index (κ2) is 8.77. The highest BCUT2D eigenvalue weighted by atomic mass is 16.5. The van der Waals surface area contributed by atoms with Crippen LogP contribution < -0.4 is 20.7 Å². The Morgan fingerprint density at radius 2 is 2.03 bits per heavy atom. The number of ether oxygens (including phenoxy) is 1. The number of methoxy groups -OCH3 is 1. The first-order chi connectivity index (χ1) is 13.9. The van der Waals surface area contributed by atoms with Gasteiger partial charge in [0.1, 0.15) is 5.75 Å². The summed E-state index contributed by atoms with van der Waals surface area (Å²) in [6.45, 7) is 2.68. The predicted molar refractivity (Wildman–Crippen MR) is 110 cm³/mol. The molecule has 29 heavy (non-hydrogen) atoms. The minimum absolute atomic E-state index is 0.0943. The molecular weight excluding hydrogens is 370 g/mol. The van der Waals surface area contributed by atoms with E-state index < -0.39 is 11.8 Å². The number of nitrogens with two attached hydrogens (primary N) is 1. The van der Waals surface area contributed by atoms with Crippen LogP contribution >= 0.6 is 0 Å². The number of primary amides is 1. The number of benzene rings is 2. The van der Waals surface area contributed by atoms with Crippen LogP contribution in [0.4, 0.5) is 5.69 Å². The molecule has 1 fully saturated rings. The Bertz CT molecular complexity index is 941. The van der Waals surface area contributed by atoms with Gasteiger partial charge in [-0.25, -0.2) is 0 Å². The minimum atomic E-state index is -0.480. The van der Waals surface area contributed by atoms with Gasteiger partial charge in [-0.05, 0) is 48.7 Å². The zero-order chi connectivity index (χ0) is 21.0. The molecule has 0 saturated carbocycles. The molecule has 1 unspecified atom stereocenters. The van der Waals surface area contributed by atoms with E-state index in [9.17, 15) is 14.4 Å². The number of rotatable bonds is 7. The molecule has 0 aromatic heterocycles. The molecular formula is C22H25N3O4. The maximum atomic E-state index is 12.6. The fraction of sp³-hybridized carbons (Fsp3) is 0.318. The highest BCUT2D eigenvalue weighted by molar-refractivity contribution is 6.01. The Hall–Kier alpha value is -3.35. The molecule has 2 aromatic carbocycles. The van der Waals surface area contributed by atoms with E-state index in [1.165, 1.54) is 0 Å². The van der Waals surface area contributed by atoms with Crippen LogP contribution in [0, 0.1) is 12.8 Å². The normalized spacial score (nSPS) is 16.0. The van der Waals surface area contributed by atoms with Crippen molar-refractivity contribution in [1.29, 1.82) is 0 Å². The SMILES string of the molecule is COc1ccc(C)cc1N1CC(C(=O)NCCc2cccc(C(N)=O)c2)CC1=O. The van der Waals surface area contributed by atoms with Gasteiger partial charge in [-0.1, -0.05) is 18.2 Å². The summed E-state index contributed by atoms with van der Waals surface area (Å²) in [6.07, 6.45) is 0.739. The van der Waals surface area contributed by atoms with Crippen LogP contribution in [0.25, 0.3) is 0 Å².